The van der Waals surface area contributed by atoms with Crippen molar-refractivity contribution < 1.29 is 0 Å². The van der Waals surface area contributed by atoms with Crippen LogP contribution in [0.2, 0.25) is 0 Å². The van der Waals surface area contributed by atoms with Crippen LogP contribution in [0.5, 0.6) is 0 Å². The van der Waals surface area contributed by atoms with Gasteiger partial charge in [0.15, 0.2) is 8.07 Å². The Morgan fingerprint density at radius 3 is 0.488 bits per heavy atom. The molecule has 0 radical (unpaired) electrons. The van der Waals surface area contributed by atoms with E-state index in [2.05, 4.69) is 364 Å². The van der Waals surface area contributed by atoms with E-state index in [9.17, 15) is 0 Å². The van der Waals surface area contributed by atoms with Gasteiger partial charge in [0.25, 0.3) is 0 Å². The van der Waals surface area contributed by atoms with Crippen molar-refractivity contribution in [1.29, 1.82) is 0 Å². The Balaban J connectivity index is 0.000000120. The molecule has 0 spiro atoms. The molecular weight excluding hydrogens is 1020 g/mol. The highest BCUT2D eigenvalue weighted by atomic mass is 28.3. The second-order valence-electron chi connectivity index (χ2n) is 24.1. The van der Waals surface area contributed by atoms with E-state index in [0.717, 1.165) is 0 Å². The van der Waals surface area contributed by atoms with Gasteiger partial charge in [0.2, 0.25) is 0 Å². The molecule has 0 amide bonds. The van der Waals surface area contributed by atoms with Crippen LogP contribution in [-0.4, -0.2) is 8.07 Å². The Bertz CT molecular complexity index is 3220. The first-order valence-corrected chi connectivity index (χ1v) is 32.2. The van der Waals surface area contributed by atoms with Crippen molar-refractivity contribution in [2.45, 2.75) is 65.6 Å². The van der Waals surface area contributed by atoms with Crippen LogP contribution in [0.3, 0.4) is 0 Å². The largest absolute Gasteiger partial charge is 0.179 e. The van der Waals surface area contributed by atoms with Crippen LogP contribution in [-0.2, 0) is 27.1 Å². The zero-order valence-electron chi connectivity index (χ0n) is 47.9. The minimum Gasteiger partial charge on any atom is -0.0623 e. The first kappa shape index (κ1) is 54.1. The van der Waals surface area contributed by atoms with Crippen molar-refractivity contribution in [3.8, 4) is 0 Å². The minimum absolute atomic E-state index is 0.192. The third-order valence-electron chi connectivity index (χ3n) is 19.3. The summed E-state index contributed by atoms with van der Waals surface area (Å²) in [6.07, 6.45) is 7.57. The average Bonchev–Trinajstić information content (AvgIpc) is 1.03. The molecule has 0 nitrogen and oxygen atoms in total. The zero-order valence-corrected chi connectivity index (χ0v) is 48.9. The molecule has 0 saturated heterocycles. The van der Waals surface area contributed by atoms with Gasteiger partial charge in [-0.1, -0.05) is 364 Å². The highest BCUT2D eigenvalue weighted by molar-refractivity contribution is 7.19. The fourth-order valence-corrected chi connectivity index (χ4v) is 21.3. The molecular formula is C83H72Si. The van der Waals surface area contributed by atoms with Crippen LogP contribution in [0, 0.1) is 0 Å². The molecule has 4 saturated carbocycles. The molecule has 0 heterocycles. The lowest BCUT2D eigenvalue weighted by Crippen LogP contribution is -2.74. The van der Waals surface area contributed by atoms with Gasteiger partial charge in [0.05, 0.1) is 5.41 Å². The molecule has 0 aliphatic heterocycles. The fourth-order valence-electron chi connectivity index (χ4n) is 16.5. The molecule has 0 N–H and O–H groups in total. The van der Waals surface area contributed by atoms with E-state index in [-0.39, 0.29) is 27.1 Å². The Kier molecular flexibility index (Phi) is 15.2. The van der Waals surface area contributed by atoms with E-state index in [1.807, 2.05) is 0 Å². The third-order valence-corrected chi connectivity index (χ3v) is 24.1. The fraction of sp³-hybridized carbons (Fsp3) is 0.133. The highest BCUT2D eigenvalue weighted by Crippen LogP contribution is 2.74. The molecule has 4 bridgehead atoms. The van der Waals surface area contributed by atoms with Crippen molar-refractivity contribution >= 4 is 28.8 Å². The summed E-state index contributed by atoms with van der Waals surface area (Å²) in [5.74, 6) is 0. The van der Waals surface area contributed by atoms with Crippen molar-refractivity contribution in [2.75, 3.05) is 0 Å². The molecule has 0 aromatic heterocycles. The van der Waals surface area contributed by atoms with Gasteiger partial charge in [-0.25, -0.2) is 0 Å². The molecule has 4 fully saturated rings. The number of hydrogen-bond acceptors (Lipinski definition) is 0. The van der Waals surface area contributed by atoms with E-state index in [0.29, 0.717) is 0 Å². The summed E-state index contributed by atoms with van der Waals surface area (Å²) in [6.45, 7) is 0. The summed E-state index contributed by atoms with van der Waals surface area (Å²) in [5, 5.41) is 5.66. The van der Waals surface area contributed by atoms with E-state index in [1.54, 1.807) is 22.3 Å². The molecule has 4 aliphatic rings. The number of benzene rings is 12. The van der Waals surface area contributed by atoms with Gasteiger partial charge in [-0.2, -0.15) is 0 Å². The van der Waals surface area contributed by atoms with E-state index < -0.39 is 8.07 Å². The summed E-state index contributed by atoms with van der Waals surface area (Å²) in [6, 6.07) is 133. The molecule has 0 unspecified atom stereocenters. The van der Waals surface area contributed by atoms with Crippen molar-refractivity contribution in [1.82, 2.24) is 0 Å². The summed E-state index contributed by atoms with van der Waals surface area (Å²) in [7, 11) is -2.30. The Morgan fingerprint density at radius 2 is 0.321 bits per heavy atom. The molecule has 408 valence electrons. The van der Waals surface area contributed by atoms with Gasteiger partial charge in [0.1, 0.15) is 0 Å². The van der Waals surface area contributed by atoms with Gasteiger partial charge in [0, 0.05) is 0 Å². The van der Waals surface area contributed by atoms with E-state index in [4.69, 9.17) is 0 Å². The molecule has 4 aliphatic carbocycles. The number of rotatable bonds is 12. The van der Waals surface area contributed by atoms with Gasteiger partial charge in [-0.3, -0.25) is 0 Å². The molecule has 0 atom stereocenters. The molecule has 1 heteroatoms. The van der Waals surface area contributed by atoms with Crippen LogP contribution in [0.25, 0.3) is 0 Å². The van der Waals surface area contributed by atoms with Crippen molar-refractivity contribution in [3.63, 3.8) is 0 Å². The third kappa shape index (κ3) is 9.91. The predicted octanol–water partition coefficient (Wildman–Crippen LogP) is 17.3. The summed E-state index contributed by atoms with van der Waals surface area (Å²) >= 11 is 0. The Hall–Kier alpha value is -9.14. The first-order chi connectivity index (χ1) is 41.5. The first-order valence-electron chi connectivity index (χ1n) is 30.2. The minimum atomic E-state index is -2.30. The standard InChI is InChI=1S/C34H32.C25H20.C24H20Si/c1-5-13-27(14-6-1)31-21-32(28-15-7-2-8-16-28)24-33(22-31,29-17-9-3-10-18-29)26-34(23-31,25-32)30-19-11-4-12-20-30;2*1-5-13-21(14-6-1)25(22-15-7-2-8-16-22,23-17-9-3-10-18-23)24-19-11-4-12-20-24/h1-20H,21-26H2;2*1-20H. The second-order valence-corrected chi connectivity index (χ2v) is 27.9. The van der Waals surface area contributed by atoms with Gasteiger partial charge < -0.3 is 0 Å². The highest BCUT2D eigenvalue weighted by Gasteiger charge is 2.69. The SMILES string of the molecule is c1ccc(C(c2ccccc2)(c2ccccc2)c2ccccc2)cc1.c1ccc(C23CC4(c5ccccc5)CC(c5ccccc5)(C2)CC(c2ccccc2)(C3)C4)cc1.c1ccc([Si](c2ccccc2)(c2ccccc2)c2ccccc2)cc1. The normalized spacial score (nSPS) is 20.3. The summed E-state index contributed by atoms with van der Waals surface area (Å²) < 4.78 is 0. The van der Waals surface area contributed by atoms with Crippen LogP contribution >= 0.6 is 0 Å². The lowest BCUT2D eigenvalue weighted by atomic mass is 9.32. The van der Waals surface area contributed by atoms with E-state index in [1.165, 1.54) is 81.5 Å². The summed E-state index contributed by atoms with van der Waals surface area (Å²) in [5.41, 5.74) is 11.7. The van der Waals surface area contributed by atoms with Gasteiger partial charge >= 0.3 is 0 Å². The maximum absolute atomic E-state index is 2.42. The van der Waals surface area contributed by atoms with Crippen molar-refractivity contribution in [2.24, 2.45) is 0 Å². The van der Waals surface area contributed by atoms with Crippen LogP contribution in [0.4, 0.5) is 0 Å². The number of hydrogen-bond donors (Lipinski definition) is 0. The van der Waals surface area contributed by atoms with Gasteiger partial charge in [-0.15, -0.1) is 0 Å². The quantitative estimate of drug-likeness (QED) is 0.0845. The lowest BCUT2D eigenvalue weighted by Gasteiger charge is -2.71. The maximum Gasteiger partial charge on any atom is 0.179 e. The van der Waals surface area contributed by atoms with Crippen LogP contribution in [0.15, 0.2) is 364 Å². The smallest absolute Gasteiger partial charge is 0.0623 e. The predicted molar refractivity (Wildman–Crippen MR) is 355 cm³/mol. The Labute approximate surface area is 499 Å². The molecule has 16 rings (SSSR count). The molecule has 84 heavy (non-hydrogen) atoms. The monoisotopic (exact) mass is 1100 g/mol. The average molecular weight is 1100 g/mol. The summed E-state index contributed by atoms with van der Waals surface area (Å²) in [4.78, 5) is 0. The molecule has 12 aromatic carbocycles. The second kappa shape index (κ2) is 23.6. The zero-order chi connectivity index (χ0) is 56.6. The maximum atomic E-state index is 2.42. The molecule has 12 aromatic rings. The van der Waals surface area contributed by atoms with E-state index >= 15 is 0 Å². The lowest BCUT2D eigenvalue weighted by molar-refractivity contribution is -0.0691. The van der Waals surface area contributed by atoms with Crippen molar-refractivity contribution in [3.05, 3.63) is 408 Å². The van der Waals surface area contributed by atoms with Crippen LogP contribution < -0.4 is 20.7 Å². The topological polar surface area (TPSA) is 0 Å². The Morgan fingerprint density at radius 1 is 0.179 bits per heavy atom. The van der Waals surface area contributed by atoms with Gasteiger partial charge in [-0.05, 0) is 125 Å². The van der Waals surface area contributed by atoms with Crippen LogP contribution in [0.1, 0.15) is 83.0 Å².